The fourth-order valence-corrected chi connectivity index (χ4v) is 1.91. The highest BCUT2D eigenvalue weighted by atomic mass is 16.6. The molecule has 5 nitrogen and oxygen atoms in total. The fourth-order valence-electron chi connectivity index (χ4n) is 1.91. The van der Waals surface area contributed by atoms with E-state index in [0.29, 0.717) is 0 Å². The number of hydrogen-bond acceptors (Lipinski definition) is 4. The highest BCUT2D eigenvalue weighted by Crippen LogP contribution is 2.42. The molecular formula is C10H12N2O3. The normalized spacial score (nSPS) is 18.2. The number of nitro groups is 1. The second kappa shape index (κ2) is 3.58. The molecule has 0 unspecified atom stereocenters. The van der Waals surface area contributed by atoms with Crippen LogP contribution in [0, 0.1) is 10.1 Å². The predicted molar refractivity (Wildman–Crippen MR) is 53.5 cm³/mol. The van der Waals surface area contributed by atoms with Gasteiger partial charge in [0.15, 0.2) is 0 Å². The topological polar surface area (TPSA) is 76.3 Å². The van der Waals surface area contributed by atoms with E-state index in [1.165, 1.54) is 12.3 Å². The summed E-state index contributed by atoms with van der Waals surface area (Å²) in [5.74, 6) is 0. The molecule has 0 amide bonds. The van der Waals surface area contributed by atoms with Crippen molar-refractivity contribution in [2.75, 3.05) is 6.61 Å². The number of aliphatic hydroxyl groups is 1. The molecule has 0 atom stereocenters. The van der Waals surface area contributed by atoms with E-state index in [-0.39, 0.29) is 17.7 Å². The minimum Gasteiger partial charge on any atom is -0.395 e. The molecule has 0 spiro atoms. The van der Waals surface area contributed by atoms with E-state index in [2.05, 4.69) is 4.98 Å². The average molecular weight is 208 g/mol. The van der Waals surface area contributed by atoms with Gasteiger partial charge in [0.2, 0.25) is 0 Å². The molecule has 1 aliphatic rings. The largest absolute Gasteiger partial charge is 0.395 e. The maximum absolute atomic E-state index is 10.4. The summed E-state index contributed by atoms with van der Waals surface area (Å²) in [5, 5.41) is 19.7. The molecule has 80 valence electrons. The van der Waals surface area contributed by atoms with Gasteiger partial charge in [0.05, 0.1) is 11.5 Å². The lowest BCUT2D eigenvalue weighted by molar-refractivity contribution is -0.385. The summed E-state index contributed by atoms with van der Waals surface area (Å²) in [4.78, 5) is 14.0. The van der Waals surface area contributed by atoms with Gasteiger partial charge in [-0.05, 0) is 18.9 Å². The molecule has 1 aliphatic carbocycles. The Hall–Kier alpha value is -1.49. The molecule has 1 N–H and O–H groups in total. The van der Waals surface area contributed by atoms with Crippen LogP contribution in [0.2, 0.25) is 0 Å². The third-order valence-electron chi connectivity index (χ3n) is 3.12. The zero-order chi connectivity index (χ0) is 10.9. The van der Waals surface area contributed by atoms with E-state index in [1.54, 1.807) is 6.07 Å². The zero-order valence-electron chi connectivity index (χ0n) is 8.22. The van der Waals surface area contributed by atoms with Crippen LogP contribution < -0.4 is 0 Å². The number of hydrogen-bond donors (Lipinski definition) is 1. The highest BCUT2D eigenvalue weighted by Gasteiger charge is 2.39. The molecular weight excluding hydrogens is 196 g/mol. The molecule has 5 heteroatoms. The Morgan fingerprint density at radius 2 is 2.27 bits per heavy atom. The molecule has 1 fully saturated rings. The predicted octanol–water partition coefficient (Wildman–Crippen LogP) is 1.40. The average Bonchev–Trinajstić information content (AvgIpc) is 2.18. The highest BCUT2D eigenvalue weighted by molar-refractivity contribution is 5.31. The van der Waals surface area contributed by atoms with Crippen molar-refractivity contribution in [1.29, 1.82) is 0 Å². The van der Waals surface area contributed by atoms with Crippen LogP contribution in [0.15, 0.2) is 18.3 Å². The lowest BCUT2D eigenvalue weighted by Crippen LogP contribution is -2.38. The van der Waals surface area contributed by atoms with Crippen molar-refractivity contribution in [1.82, 2.24) is 4.98 Å². The van der Waals surface area contributed by atoms with Gasteiger partial charge >= 0.3 is 0 Å². The minimum absolute atomic E-state index is 0.00818. The Balaban J connectivity index is 2.26. The Bertz CT molecular complexity index is 365. The molecule has 1 aromatic heterocycles. The molecule has 15 heavy (non-hydrogen) atoms. The van der Waals surface area contributed by atoms with Crippen molar-refractivity contribution in [3.8, 4) is 0 Å². The monoisotopic (exact) mass is 208 g/mol. The summed E-state index contributed by atoms with van der Waals surface area (Å²) in [6.07, 6.45) is 4.16. The third-order valence-corrected chi connectivity index (χ3v) is 3.12. The van der Waals surface area contributed by atoms with Gasteiger partial charge in [-0.3, -0.25) is 15.1 Å². The van der Waals surface area contributed by atoms with Crippen molar-refractivity contribution in [2.45, 2.75) is 24.7 Å². The van der Waals surface area contributed by atoms with Crippen LogP contribution in [-0.4, -0.2) is 21.6 Å². The molecule has 0 radical (unpaired) electrons. The third kappa shape index (κ3) is 1.59. The number of pyridine rings is 1. The van der Waals surface area contributed by atoms with Crippen molar-refractivity contribution >= 4 is 5.69 Å². The van der Waals surface area contributed by atoms with Crippen LogP contribution in [0.1, 0.15) is 25.0 Å². The first-order valence-corrected chi connectivity index (χ1v) is 4.90. The van der Waals surface area contributed by atoms with Crippen LogP contribution in [0.4, 0.5) is 5.69 Å². The SMILES string of the molecule is O=[N+]([O-])c1ccc(C2(CO)CCC2)nc1. The van der Waals surface area contributed by atoms with E-state index >= 15 is 0 Å². The summed E-state index contributed by atoms with van der Waals surface area (Å²) in [6, 6.07) is 3.09. The molecule has 0 saturated heterocycles. The van der Waals surface area contributed by atoms with Crippen molar-refractivity contribution < 1.29 is 10.0 Å². The summed E-state index contributed by atoms with van der Waals surface area (Å²) in [5.41, 5.74) is 0.516. The molecule has 0 aromatic carbocycles. The van der Waals surface area contributed by atoms with Crippen molar-refractivity contribution in [3.05, 3.63) is 34.1 Å². The van der Waals surface area contributed by atoms with Crippen molar-refractivity contribution in [3.63, 3.8) is 0 Å². The van der Waals surface area contributed by atoms with Gasteiger partial charge in [0.1, 0.15) is 6.20 Å². The first kappa shape index (κ1) is 10.0. The van der Waals surface area contributed by atoms with Gasteiger partial charge in [0.25, 0.3) is 5.69 Å². The number of rotatable bonds is 3. The van der Waals surface area contributed by atoms with E-state index in [9.17, 15) is 15.2 Å². The molecule has 0 bridgehead atoms. The van der Waals surface area contributed by atoms with Crippen LogP contribution >= 0.6 is 0 Å². The first-order valence-electron chi connectivity index (χ1n) is 4.90. The summed E-state index contributed by atoms with van der Waals surface area (Å²) in [7, 11) is 0. The van der Waals surface area contributed by atoms with E-state index < -0.39 is 4.92 Å². The fraction of sp³-hybridized carbons (Fsp3) is 0.500. The lowest BCUT2D eigenvalue weighted by Gasteiger charge is -2.39. The maximum atomic E-state index is 10.4. The quantitative estimate of drug-likeness (QED) is 0.601. The van der Waals surface area contributed by atoms with Crippen LogP contribution in [-0.2, 0) is 5.41 Å². The summed E-state index contributed by atoms with van der Waals surface area (Å²) >= 11 is 0. The summed E-state index contributed by atoms with van der Waals surface area (Å²) in [6.45, 7) is 0.0673. The van der Waals surface area contributed by atoms with Gasteiger partial charge in [-0.1, -0.05) is 6.42 Å². The van der Waals surface area contributed by atoms with Crippen LogP contribution in [0.3, 0.4) is 0 Å². The van der Waals surface area contributed by atoms with E-state index in [0.717, 1.165) is 25.0 Å². The Kier molecular flexibility index (Phi) is 2.40. The van der Waals surface area contributed by atoms with E-state index in [1.807, 2.05) is 0 Å². The standard InChI is InChI=1S/C10H12N2O3/c13-7-10(4-1-5-10)9-3-2-8(6-11-9)12(14)15/h2-3,6,13H,1,4-5,7H2. The van der Waals surface area contributed by atoms with Gasteiger partial charge in [-0.25, -0.2) is 0 Å². The maximum Gasteiger partial charge on any atom is 0.287 e. The number of aliphatic hydroxyl groups excluding tert-OH is 1. The first-order chi connectivity index (χ1) is 7.18. The number of aromatic nitrogens is 1. The molecule has 2 rings (SSSR count). The second-order valence-electron chi connectivity index (χ2n) is 3.95. The summed E-state index contributed by atoms with van der Waals surface area (Å²) < 4.78 is 0. The van der Waals surface area contributed by atoms with Crippen LogP contribution in [0.25, 0.3) is 0 Å². The van der Waals surface area contributed by atoms with Gasteiger partial charge < -0.3 is 5.11 Å². The lowest BCUT2D eigenvalue weighted by atomic mass is 9.67. The van der Waals surface area contributed by atoms with Gasteiger partial charge in [-0.2, -0.15) is 0 Å². The molecule has 1 heterocycles. The van der Waals surface area contributed by atoms with Gasteiger partial charge in [0, 0.05) is 17.2 Å². The molecule has 1 aromatic rings. The molecule has 0 aliphatic heterocycles. The van der Waals surface area contributed by atoms with E-state index in [4.69, 9.17) is 0 Å². The Morgan fingerprint density at radius 3 is 2.60 bits per heavy atom. The minimum atomic E-state index is -0.469. The Morgan fingerprint density at radius 1 is 1.53 bits per heavy atom. The Labute approximate surface area is 86.9 Å². The second-order valence-corrected chi connectivity index (χ2v) is 3.95. The van der Waals surface area contributed by atoms with Gasteiger partial charge in [-0.15, -0.1) is 0 Å². The van der Waals surface area contributed by atoms with Crippen molar-refractivity contribution in [2.24, 2.45) is 0 Å². The van der Waals surface area contributed by atoms with Crippen LogP contribution in [0.5, 0.6) is 0 Å². The zero-order valence-corrected chi connectivity index (χ0v) is 8.22. The smallest absolute Gasteiger partial charge is 0.287 e. The molecule has 1 saturated carbocycles. The number of nitrogens with zero attached hydrogens (tertiary/aromatic N) is 2.